The summed E-state index contributed by atoms with van der Waals surface area (Å²) in [6, 6.07) is 25.1. The number of nitrogens with one attached hydrogen (secondary N) is 1. The number of anilines is 1. The number of carbonyl (C=O) groups excluding carboxylic acids is 2. The lowest BCUT2D eigenvalue weighted by Crippen LogP contribution is -2.27. The third-order valence-corrected chi connectivity index (χ3v) is 11.7. The number of aliphatic hydroxyl groups is 3. The molecule has 0 aliphatic heterocycles. The predicted octanol–water partition coefficient (Wildman–Crippen LogP) is 7.39. The quantitative estimate of drug-likeness (QED) is 0.0492. The second-order valence-corrected chi connectivity index (χ2v) is 15.2. The Labute approximate surface area is 308 Å². The van der Waals surface area contributed by atoms with Crippen LogP contribution in [0.25, 0.3) is 20.9 Å². The number of esters is 1. The van der Waals surface area contributed by atoms with Gasteiger partial charge in [0.25, 0.3) is 0 Å². The van der Waals surface area contributed by atoms with Gasteiger partial charge in [-0.25, -0.2) is 0 Å². The largest absolute Gasteiger partial charge is 0.461 e. The molecule has 1 fully saturated rings. The molecule has 6 atom stereocenters. The van der Waals surface area contributed by atoms with E-state index in [1.165, 1.54) is 0 Å². The van der Waals surface area contributed by atoms with Gasteiger partial charge in [0.2, 0.25) is 5.91 Å². The third kappa shape index (κ3) is 9.61. The first kappa shape index (κ1) is 37.6. The minimum Gasteiger partial charge on any atom is -0.461 e. The number of hydrogen-bond acceptors (Lipinski definition) is 9. The summed E-state index contributed by atoms with van der Waals surface area (Å²) in [5.74, 6) is -0.984. The number of aromatic nitrogens is 1. The summed E-state index contributed by atoms with van der Waals surface area (Å²) in [7, 11) is 0. The van der Waals surface area contributed by atoms with Crippen LogP contribution in [0.2, 0.25) is 0 Å². The monoisotopic (exact) mass is 723 g/mol. The first-order valence-electron chi connectivity index (χ1n) is 18.4. The molecule has 6 unspecified atom stereocenters. The van der Waals surface area contributed by atoms with Crippen LogP contribution in [0.4, 0.5) is 5.69 Å². The van der Waals surface area contributed by atoms with Crippen LogP contribution in [0.3, 0.4) is 0 Å². The number of pyridine rings is 1. The summed E-state index contributed by atoms with van der Waals surface area (Å²) in [6.45, 7) is 0.310. The second-order valence-electron chi connectivity index (χ2n) is 14.0. The molecule has 0 spiro atoms. The van der Waals surface area contributed by atoms with Crippen molar-refractivity contribution in [2.45, 2.75) is 88.6 Å². The highest BCUT2D eigenvalue weighted by Crippen LogP contribution is 2.41. The standard InChI is InChI=1S/C42H49N3O6S/c43-24-35(42(50)45-32-16-15-31-25-44-20-19-29(31)21-32)28-13-11-27(12-14-28)26-51-41(49)10-4-2-1-3-8-33-34(38(48)23-37(33)47)17-18-36(46)40-22-30-7-5-6-9-39(30)52-40/h5-7,9,11-16,19-22,25,33-38,46-48H,1-4,8,10,17-18,23-24,26,43H2,(H,45,50). The summed E-state index contributed by atoms with van der Waals surface area (Å²) in [4.78, 5) is 30.6. The lowest BCUT2D eigenvalue weighted by molar-refractivity contribution is -0.145. The summed E-state index contributed by atoms with van der Waals surface area (Å²) in [5, 5.41) is 38.3. The summed E-state index contributed by atoms with van der Waals surface area (Å²) in [5.41, 5.74) is 8.31. The van der Waals surface area contributed by atoms with E-state index in [9.17, 15) is 24.9 Å². The van der Waals surface area contributed by atoms with Crippen molar-refractivity contribution in [1.82, 2.24) is 4.98 Å². The summed E-state index contributed by atoms with van der Waals surface area (Å²) >= 11 is 1.61. The number of rotatable bonds is 17. The molecule has 52 heavy (non-hydrogen) atoms. The zero-order valence-corrected chi connectivity index (χ0v) is 30.2. The molecule has 0 saturated heterocycles. The van der Waals surface area contributed by atoms with Crippen molar-refractivity contribution in [1.29, 1.82) is 0 Å². The molecule has 5 aromatic rings. The molecule has 6 rings (SSSR count). The van der Waals surface area contributed by atoms with Crippen LogP contribution in [0, 0.1) is 11.8 Å². The SMILES string of the molecule is NCC(C(=O)Nc1ccc2cnccc2c1)c1ccc(COC(=O)CCCCCCC2C(O)CC(O)C2CCC(O)c2cc3ccccc3s2)cc1. The molecular formula is C42H49N3O6S. The van der Waals surface area contributed by atoms with Crippen molar-refractivity contribution in [3.8, 4) is 0 Å². The minimum absolute atomic E-state index is 0.0121. The van der Waals surface area contributed by atoms with E-state index in [2.05, 4.69) is 22.4 Å². The van der Waals surface area contributed by atoms with Gasteiger partial charge in [0, 0.05) is 46.0 Å². The number of carbonyl (C=O) groups is 2. The Kier molecular flexibility index (Phi) is 13.0. The molecule has 10 heteroatoms. The zero-order valence-electron chi connectivity index (χ0n) is 29.4. The highest BCUT2D eigenvalue weighted by molar-refractivity contribution is 7.19. The first-order chi connectivity index (χ1) is 25.3. The van der Waals surface area contributed by atoms with E-state index in [0.717, 1.165) is 69.0 Å². The average molecular weight is 724 g/mol. The molecule has 1 saturated carbocycles. The van der Waals surface area contributed by atoms with Gasteiger partial charge in [-0.1, -0.05) is 67.8 Å². The third-order valence-electron chi connectivity index (χ3n) is 10.5. The lowest BCUT2D eigenvalue weighted by Gasteiger charge is -2.24. The maximum atomic E-state index is 13.1. The molecule has 0 bridgehead atoms. The van der Waals surface area contributed by atoms with Crippen LogP contribution >= 0.6 is 11.3 Å². The van der Waals surface area contributed by atoms with Crippen LogP contribution in [-0.2, 0) is 20.9 Å². The van der Waals surface area contributed by atoms with Crippen LogP contribution < -0.4 is 11.1 Å². The van der Waals surface area contributed by atoms with Crippen LogP contribution in [0.5, 0.6) is 0 Å². The van der Waals surface area contributed by atoms with Crippen LogP contribution in [-0.4, -0.2) is 50.9 Å². The van der Waals surface area contributed by atoms with Crippen molar-refractivity contribution in [3.05, 3.63) is 107 Å². The topological polar surface area (TPSA) is 155 Å². The smallest absolute Gasteiger partial charge is 0.306 e. The Balaban J connectivity index is 0.872. The Morgan fingerprint density at radius 3 is 2.44 bits per heavy atom. The fourth-order valence-corrected chi connectivity index (χ4v) is 8.60. The number of amides is 1. The number of thiophene rings is 1. The van der Waals surface area contributed by atoms with Crippen molar-refractivity contribution >= 4 is 49.8 Å². The summed E-state index contributed by atoms with van der Waals surface area (Å²) in [6.07, 6.45) is 8.03. The lowest BCUT2D eigenvalue weighted by atomic mass is 9.84. The first-order valence-corrected chi connectivity index (χ1v) is 19.2. The minimum atomic E-state index is -0.579. The van der Waals surface area contributed by atoms with Gasteiger partial charge in [-0.2, -0.15) is 0 Å². The van der Waals surface area contributed by atoms with E-state index in [4.69, 9.17) is 10.5 Å². The van der Waals surface area contributed by atoms with Gasteiger partial charge in [-0.05, 0) is 96.2 Å². The summed E-state index contributed by atoms with van der Waals surface area (Å²) < 4.78 is 6.67. The maximum Gasteiger partial charge on any atom is 0.306 e. The van der Waals surface area contributed by atoms with Gasteiger partial charge < -0.3 is 31.1 Å². The van der Waals surface area contributed by atoms with Gasteiger partial charge >= 0.3 is 5.97 Å². The van der Waals surface area contributed by atoms with Gasteiger partial charge in [-0.3, -0.25) is 14.6 Å². The Morgan fingerprint density at radius 2 is 1.65 bits per heavy atom. The van der Waals surface area contributed by atoms with Crippen molar-refractivity contribution in [2.75, 3.05) is 11.9 Å². The molecule has 1 amide bonds. The van der Waals surface area contributed by atoms with Gasteiger partial charge in [0.1, 0.15) is 6.61 Å². The molecule has 0 radical (unpaired) electrons. The van der Waals surface area contributed by atoms with E-state index < -0.39 is 24.2 Å². The van der Waals surface area contributed by atoms with E-state index in [1.807, 2.05) is 66.7 Å². The number of ether oxygens (including phenoxy) is 1. The van der Waals surface area contributed by atoms with Crippen molar-refractivity contribution in [3.63, 3.8) is 0 Å². The molecule has 9 nitrogen and oxygen atoms in total. The Hall–Kier alpha value is -4.19. The second kappa shape index (κ2) is 18.0. The van der Waals surface area contributed by atoms with Gasteiger partial charge in [0.05, 0.1) is 24.2 Å². The number of hydrogen-bond donors (Lipinski definition) is 5. The van der Waals surface area contributed by atoms with Gasteiger partial charge in [-0.15, -0.1) is 11.3 Å². The molecule has 3 aromatic carbocycles. The maximum absolute atomic E-state index is 13.1. The van der Waals surface area contributed by atoms with Crippen molar-refractivity contribution in [2.24, 2.45) is 17.6 Å². The van der Waals surface area contributed by atoms with E-state index >= 15 is 0 Å². The van der Waals surface area contributed by atoms with E-state index in [1.54, 1.807) is 23.7 Å². The molecule has 1 aliphatic carbocycles. The Bertz CT molecular complexity index is 1900. The molecular weight excluding hydrogens is 675 g/mol. The highest BCUT2D eigenvalue weighted by Gasteiger charge is 2.41. The van der Waals surface area contributed by atoms with Crippen LogP contribution in [0.1, 0.15) is 85.8 Å². The number of aliphatic hydroxyl groups excluding tert-OH is 3. The normalized spacial score (nSPS) is 19.8. The average Bonchev–Trinajstić information content (AvgIpc) is 3.71. The molecule has 6 N–H and O–H groups in total. The van der Waals surface area contributed by atoms with E-state index in [0.29, 0.717) is 31.4 Å². The van der Waals surface area contributed by atoms with Crippen molar-refractivity contribution < 1.29 is 29.6 Å². The Morgan fingerprint density at radius 1 is 0.885 bits per heavy atom. The molecule has 274 valence electrons. The number of nitrogens with zero attached hydrogens (tertiary/aromatic N) is 1. The highest BCUT2D eigenvalue weighted by atomic mass is 32.1. The fourth-order valence-electron chi connectivity index (χ4n) is 7.51. The van der Waals surface area contributed by atoms with Crippen LogP contribution in [0.15, 0.2) is 91.3 Å². The number of nitrogens with two attached hydrogens (primary N) is 1. The molecule has 1 aliphatic rings. The fraction of sp³-hybridized carbons (Fsp3) is 0.405. The molecule has 2 heterocycles. The zero-order chi connectivity index (χ0) is 36.5. The molecule has 2 aromatic heterocycles. The number of fused-ring (bicyclic) bond motifs is 2. The van der Waals surface area contributed by atoms with E-state index in [-0.39, 0.29) is 36.9 Å². The number of unbranched alkanes of at least 4 members (excludes halogenated alkanes) is 3. The predicted molar refractivity (Wildman–Crippen MR) is 206 cm³/mol. The van der Waals surface area contributed by atoms with Gasteiger partial charge in [0.15, 0.2) is 0 Å². The number of benzene rings is 3.